The fourth-order valence-electron chi connectivity index (χ4n) is 1.21. The highest BCUT2D eigenvalue weighted by atomic mass is 32.1. The summed E-state index contributed by atoms with van der Waals surface area (Å²) in [5.41, 5.74) is 7.43. The van der Waals surface area contributed by atoms with Crippen molar-refractivity contribution in [2.24, 2.45) is 0 Å². The number of carboxylic acid groups (broad SMARTS) is 1. The standard InChI is InChI=1S/C8H11NO2S/c1-3-5-4(2)6(8(10)11)12-7(5)9/h3,9H2,1-2H3,(H,10,11). The Morgan fingerprint density at radius 2 is 2.25 bits per heavy atom. The lowest BCUT2D eigenvalue weighted by molar-refractivity contribution is 0.0701. The van der Waals surface area contributed by atoms with Gasteiger partial charge in [-0.15, -0.1) is 11.3 Å². The van der Waals surface area contributed by atoms with E-state index in [4.69, 9.17) is 10.8 Å². The molecule has 0 fully saturated rings. The Morgan fingerprint density at radius 1 is 1.67 bits per heavy atom. The Hall–Kier alpha value is -1.03. The Kier molecular flexibility index (Phi) is 2.38. The second-order valence-electron chi connectivity index (χ2n) is 2.56. The van der Waals surface area contributed by atoms with Crippen LogP contribution in [0, 0.1) is 6.92 Å². The van der Waals surface area contributed by atoms with Gasteiger partial charge in [0.05, 0.1) is 5.00 Å². The Bertz CT molecular complexity index is 317. The number of hydrogen-bond donors (Lipinski definition) is 2. The lowest BCUT2D eigenvalue weighted by Crippen LogP contribution is -1.95. The average molecular weight is 185 g/mol. The average Bonchev–Trinajstić information content (AvgIpc) is 2.27. The molecule has 0 aliphatic rings. The third-order valence-electron chi connectivity index (χ3n) is 1.85. The molecule has 0 saturated heterocycles. The zero-order valence-electron chi connectivity index (χ0n) is 7.05. The van der Waals surface area contributed by atoms with E-state index in [2.05, 4.69) is 0 Å². The quantitative estimate of drug-likeness (QED) is 0.739. The highest BCUT2D eigenvalue weighted by Crippen LogP contribution is 2.30. The molecule has 1 rings (SSSR count). The van der Waals surface area contributed by atoms with Crippen LogP contribution in [0.25, 0.3) is 0 Å². The summed E-state index contributed by atoms with van der Waals surface area (Å²) < 4.78 is 0. The van der Waals surface area contributed by atoms with Crippen molar-refractivity contribution in [3.05, 3.63) is 16.0 Å². The maximum absolute atomic E-state index is 10.7. The number of nitrogen functional groups attached to an aromatic ring is 1. The van der Waals surface area contributed by atoms with Crippen LogP contribution in [0.1, 0.15) is 27.7 Å². The van der Waals surface area contributed by atoms with E-state index >= 15 is 0 Å². The van der Waals surface area contributed by atoms with Crippen molar-refractivity contribution in [3.8, 4) is 0 Å². The molecule has 3 nitrogen and oxygen atoms in total. The first-order valence-electron chi connectivity index (χ1n) is 3.69. The number of nitrogens with two attached hydrogens (primary N) is 1. The summed E-state index contributed by atoms with van der Waals surface area (Å²) in [6.07, 6.45) is 0.793. The molecule has 0 unspecified atom stereocenters. The van der Waals surface area contributed by atoms with Crippen LogP contribution in [0.15, 0.2) is 0 Å². The van der Waals surface area contributed by atoms with E-state index in [0.717, 1.165) is 28.9 Å². The molecule has 0 saturated carbocycles. The molecule has 1 aromatic heterocycles. The van der Waals surface area contributed by atoms with Gasteiger partial charge in [0.25, 0.3) is 0 Å². The zero-order valence-corrected chi connectivity index (χ0v) is 7.86. The van der Waals surface area contributed by atoms with Gasteiger partial charge in [0.2, 0.25) is 0 Å². The van der Waals surface area contributed by atoms with Gasteiger partial charge in [0.15, 0.2) is 0 Å². The molecule has 0 atom stereocenters. The minimum absolute atomic E-state index is 0.365. The van der Waals surface area contributed by atoms with Crippen molar-refractivity contribution in [1.82, 2.24) is 0 Å². The number of hydrogen-bond acceptors (Lipinski definition) is 3. The fourth-order valence-corrected chi connectivity index (χ4v) is 2.22. The van der Waals surface area contributed by atoms with E-state index in [9.17, 15) is 4.79 Å². The van der Waals surface area contributed by atoms with Gasteiger partial charge in [0.1, 0.15) is 4.88 Å². The topological polar surface area (TPSA) is 63.3 Å². The molecular formula is C8H11NO2S. The van der Waals surface area contributed by atoms with E-state index in [-0.39, 0.29) is 0 Å². The van der Waals surface area contributed by atoms with Gasteiger partial charge in [-0.25, -0.2) is 4.79 Å². The number of carbonyl (C=O) groups is 1. The predicted molar refractivity (Wildman–Crippen MR) is 49.8 cm³/mol. The Morgan fingerprint density at radius 3 is 2.50 bits per heavy atom. The highest BCUT2D eigenvalue weighted by Gasteiger charge is 2.15. The molecule has 4 heteroatoms. The van der Waals surface area contributed by atoms with Gasteiger partial charge in [-0.1, -0.05) is 6.92 Å². The molecule has 1 aromatic rings. The number of rotatable bonds is 2. The molecule has 0 amide bonds. The minimum atomic E-state index is -0.885. The second-order valence-corrected chi connectivity index (χ2v) is 3.61. The predicted octanol–water partition coefficient (Wildman–Crippen LogP) is 1.90. The van der Waals surface area contributed by atoms with Crippen LogP contribution >= 0.6 is 11.3 Å². The summed E-state index contributed by atoms with van der Waals surface area (Å²) in [4.78, 5) is 11.0. The monoisotopic (exact) mass is 185 g/mol. The lowest BCUT2D eigenvalue weighted by Gasteiger charge is -1.95. The maximum atomic E-state index is 10.7. The molecule has 0 aliphatic carbocycles. The summed E-state index contributed by atoms with van der Waals surface area (Å²) in [5, 5.41) is 9.39. The molecule has 0 spiro atoms. The molecule has 12 heavy (non-hydrogen) atoms. The van der Waals surface area contributed by atoms with Gasteiger partial charge in [-0.3, -0.25) is 0 Å². The molecule has 66 valence electrons. The van der Waals surface area contributed by atoms with Crippen molar-refractivity contribution >= 4 is 22.3 Å². The molecule has 0 aromatic carbocycles. The number of carboxylic acids is 1. The molecule has 3 N–H and O–H groups in total. The first-order valence-corrected chi connectivity index (χ1v) is 4.50. The van der Waals surface area contributed by atoms with Crippen molar-refractivity contribution in [1.29, 1.82) is 0 Å². The summed E-state index contributed by atoms with van der Waals surface area (Å²) in [7, 11) is 0. The van der Waals surface area contributed by atoms with Gasteiger partial charge in [-0.2, -0.15) is 0 Å². The van der Waals surface area contributed by atoms with E-state index < -0.39 is 5.97 Å². The normalized spacial score (nSPS) is 10.2. The third kappa shape index (κ3) is 1.30. The number of anilines is 1. The van der Waals surface area contributed by atoms with Crippen molar-refractivity contribution in [2.75, 3.05) is 5.73 Å². The van der Waals surface area contributed by atoms with Gasteiger partial charge in [0, 0.05) is 0 Å². The fraction of sp³-hybridized carbons (Fsp3) is 0.375. The first kappa shape index (κ1) is 9.06. The van der Waals surface area contributed by atoms with Gasteiger partial charge >= 0.3 is 5.97 Å². The summed E-state index contributed by atoms with van der Waals surface area (Å²) >= 11 is 1.15. The van der Waals surface area contributed by atoms with Crippen LogP contribution < -0.4 is 5.73 Å². The SMILES string of the molecule is CCc1c(N)sc(C(=O)O)c1C. The van der Waals surface area contributed by atoms with E-state index in [0.29, 0.717) is 9.88 Å². The molecule has 0 aliphatic heterocycles. The summed E-state index contributed by atoms with van der Waals surface area (Å²) in [6.45, 7) is 3.77. The van der Waals surface area contributed by atoms with E-state index in [1.54, 1.807) is 6.92 Å². The zero-order chi connectivity index (χ0) is 9.30. The summed E-state index contributed by atoms with van der Waals surface area (Å²) in [6, 6.07) is 0. The molecule has 1 heterocycles. The van der Waals surface area contributed by atoms with E-state index in [1.807, 2.05) is 6.92 Å². The molecule has 0 radical (unpaired) electrons. The van der Waals surface area contributed by atoms with Crippen LogP contribution in [-0.4, -0.2) is 11.1 Å². The van der Waals surface area contributed by atoms with Crippen molar-refractivity contribution in [3.63, 3.8) is 0 Å². The van der Waals surface area contributed by atoms with E-state index in [1.165, 1.54) is 0 Å². The van der Waals surface area contributed by atoms with Crippen LogP contribution in [0.2, 0.25) is 0 Å². The Balaban J connectivity index is 3.26. The van der Waals surface area contributed by atoms with Crippen LogP contribution in [0.4, 0.5) is 5.00 Å². The lowest BCUT2D eigenvalue weighted by atomic mass is 10.1. The smallest absolute Gasteiger partial charge is 0.346 e. The van der Waals surface area contributed by atoms with Crippen LogP contribution in [-0.2, 0) is 6.42 Å². The first-order chi connectivity index (χ1) is 5.57. The number of thiophene rings is 1. The largest absolute Gasteiger partial charge is 0.477 e. The summed E-state index contributed by atoms with van der Waals surface area (Å²) in [5.74, 6) is -0.885. The van der Waals surface area contributed by atoms with Gasteiger partial charge < -0.3 is 10.8 Å². The van der Waals surface area contributed by atoms with Crippen molar-refractivity contribution < 1.29 is 9.90 Å². The number of aromatic carboxylic acids is 1. The van der Waals surface area contributed by atoms with Crippen molar-refractivity contribution in [2.45, 2.75) is 20.3 Å². The third-order valence-corrected chi connectivity index (χ3v) is 3.00. The van der Waals surface area contributed by atoms with Crippen LogP contribution in [0.3, 0.4) is 0 Å². The molecular weight excluding hydrogens is 174 g/mol. The molecule has 0 bridgehead atoms. The minimum Gasteiger partial charge on any atom is -0.477 e. The Labute approximate surface area is 74.8 Å². The maximum Gasteiger partial charge on any atom is 0.346 e. The van der Waals surface area contributed by atoms with Crippen LogP contribution in [0.5, 0.6) is 0 Å². The second kappa shape index (κ2) is 3.15. The van der Waals surface area contributed by atoms with Gasteiger partial charge in [-0.05, 0) is 24.5 Å². The highest BCUT2D eigenvalue weighted by molar-refractivity contribution is 7.18.